The number of aliphatic hydroxyl groups excluding tert-OH is 2. The highest BCUT2D eigenvalue weighted by Gasteiger charge is 2.29. The third kappa shape index (κ3) is 4.91. The van der Waals surface area contributed by atoms with Crippen molar-refractivity contribution < 1.29 is 14.9 Å². The standard InChI is InChI=1S/C10H21NO3/c1-2-14-7-9(12)5-11-6-10(13)8-3-4-8/h8-13H,2-7H2,1H3. The largest absolute Gasteiger partial charge is 0.392 e. The lowest BCUT2D eigenvalue weighted by atomic mass is 10.2. The number of nitrogens with one attached hydrogen (secondary N) is 1. The molecule has 0 heterocycles. The molecule has 2 atom stereocenters. The summed E-state index contributed by atoms with van der Waals surface area (Å²) in [7, 11) is 0. The number of hydrogen-bond donors (Lipinski definition) is 3. The molecular weight excluding hydrogens is 182 g/mol. The van der Waals surface area contributed by atoms with Crippen LogP contribution in [0.2, 0.25) is 0 Å². The summed E-state index contributed by atoms with van der Waals surface area (Å²) in [5.74, 6) is 0.492. The molecule has 3 N–H and O–H groups in total. The Bertz CT molecular complexity index is 150. The zero-order valence-corrected chi connectivity index (χ0v) is 8.78. The summed E-state index contributed by atoms with van der Waals surface area (Å²) in [4.78, 5) is 0. The van der Waals surface area contributed by atoms with Crippen molar-refractivity contribution in [2.75, 3.05) is 26.3 Å². The minimum absolute atomic E-state index is 0.241. The summed E-state index contributed by atoms with van der Waals surface area (Å²) in [5.41, 5.74) is 0. The van der Waals surface area contributed by atoms with E-state index in [2.05, 4.69) is 5.32 Å². The zero-order chi connectivity index (χ0) is 10.4. The lowest BCUT2D eigenvalue weighted by Crippen LogP contribution is -2.36. The van der Waals surface area contributed by atoms with Crippen LogP contribution < -0.4 is 5.32 Å². The van der Waals surface area contributed by atoms with Crippen LogP contribution in [0.5, 0.6) is 0 Å². The molecule has 1 rings (SSSR count). The molecule has 1 aliphatic carbocycles. The Morgan fingerprint density at radius 2 is 2.07 bits per heavy atom. The van der Waals surface area contributed by atoms with Gasteiger partial charge in [0.25, 0.3) is 0 Å². The number of ether oxygens (including phenoxy) is 1. The minimum Gasteiger partial charge on any atom is -0.392 e. The van der Waals surface area contributed by atoms with Crippen LogP contribution in [0, 0.1) is 5.92 Å². The summed E-state index contributed by atoms with van der Waals surface area (Å²) < 4.78 is 5.06. The van der Waals surface area contributed by atoms with E-state index in [-0.39, 0.29) is 6.10 Å². The first-order valence-electron chi connectivity index (χ1n) is 5.38. The Morgan fingerprint density at radius 3 is 2.64 bits per heavy atom. The number of aliphatic hydroxyl groups is 2. The van der Waals surface area contributed by atoms with E-state index in [0.717, 1.165) is 12.8 Å². The monoisotopic (exact) mass is 203 g/mol. The molecule has 2 unspecified atom stereocenters. The molecule has 0 aromatic rings. The maximum atomic E-state index is 9.50. The van der Waals surface area contributed by atoms with Gasteiger partial charge in [-0.2, -0.15) is 0 Å². The lowest BCUT2D eigenvalue weighted by molar-refractivity contribution is 0.0404. The van der Waals surface area contributed by atoms with Crippen molar-refractivity contribution in [1.29, 1.82) is 0 Å². The predicted molar refractivity (Wildman–Crippen MR) is 54.1 cm³/mol. The Balaban J connectivity index is 1.91. The summed E-state index contributed by atoms with van der Waals surface area (Å²) in [6.45, 7) is 3.96. The molecular formula is C10H21NO3. The van der Waals surface area contributed by atoms with E-state index in [1.165, 1.54) is 0 Å². The average molecular weight is 203 g/mol. The summed E-state index contributed by atoms with van der Waals surface area (Å²) >= 11 is 0. The van der Waals surface area contributed by atoms with Crippen molar-refractivity contribution in [3.8, 4) is 0 Å². The maximum Gasteiger partial charge on any atom is 0.0897 e. The molecule has 0 aliphatic heterocycles. The van der Waals surface area contributed by atoms with Crippen LogP contribution in [0.15, 0.2) is 0 Å². The van der Waals surface area contributed by atoms with Crippen molar-refractivity contribution in [2.45, 2.75) is 32.0 Å². The third-order valence-corrected chi connectivity index (χ3v) is 2.41. The van der Waals surface area contributed by atoms with Gasteiger partial charge in [-0.25, -0.2) is 0 Å². The Kier molecular flexibility index (Phi) is 5.40. The van der Waals surface area contributed by atoms with Gasteiger partial charge in [0.15, 0.2) is 0 Å². The van der Waals surface area contributed by atoms with Crippen LogP contribution in [0.25, 0.3) is 0 Å². The second kappa shape index (κ2) is 6.35. The van der Waals surface area contributed by atoms with E-state index in [4.69, 9.17) is 4.74 Å². The minimum atomic E-state index is -0.471. The molecule has 4 nitrogen and oxygen atoms in total. The molecule has 0 aromatic carbocycles. The lowest BCUT2D eigenvalue weighted by Gasteiger charge is -2.14. The van der Waals surface area contributed by atoms with Gasteiger partial charge in [-0.05, 0) is 25.7 Å². The molecule has 14 heavy (non-hydrogen) atoms. The third-order valence-electron chi connectivity index (χ3n) is 2.41. The summed E-state index contributed by atoms with van der Waals surface area (Å²) in [6.07, 6.45) is 1.57. The van der Waals surface area contributed by atoms with Crippen molar-refractivity contribution in [1.82, 2.24) is 5.32 Å². The molecule has 0 radical (unpaired) electrons. The van der Waals surface area contributed by atoms with Crippen molar-refractivity contribution in [2.24, 2.45) is 5.92 Å². The molecule has 0 saturated heterocycles. The van der Waals surface area contributed by atoms with Gasteiger partial charge in [-0.15, -0.1) is 0 Å². The smallest absolute Gasteiger partial charge is 0.0897 e. The first-order valence-corrected chi connectivity index (χ1v) is 5.38. The van der Waals surface area contributed by atoms with Gasteiger partial charge in [-0.3, -0.25) is 0 Å². The van der Waals surface area contributed by atoms with Gasteiger partial charge < -0.3 is 20.3 Å². The topological polar surface area (TPSA) is 61.7 Å². The SMILES string of the molecule is CCOCC(O)CNCC(O)C1CC1. The number of rotatable bonds is 8. The first-order chi connectivity index (χ1) is 6.74. The fraction of sp³-hybridized carbons (Fsp3) is 1.00. The van der Waals surface area contributed by atoms with Crippen LogP contribution in [-0.2, 0) is 4.74 Å². The molecule has 0 spiro atoms. The highest BCUT2D eigenvalue weighted by molar-refractivity contribution is 4.82. The van der Waals surface area contributed by atoms with E-state index in [1.807, 2.05) is 6.92 Å². The van der Waals surface area contributed by atoms with Crippen LogP contribution >= 0.6 is 0 Å². The van der Waals surface area contributed by atoms with Crippen LogP contribution in [0.3, 0.4) is 0 Å². The molecule has 1 fully saturated rings. The number of hydrogen-bond acceptors (Lipinski definition) is 4. The fourth-order valence-electron chi connectivity index (χ4n) is 1.36. The molecule has 4 heteroatoms. The van der Waals surface area contributed by atoms with E-state index in [1.54, 1.807) is 0 Å². The average Bonchev–Trinajstić information content (AvgIpc) is 2.97. The van der Waals surface area contributed by atoms with Crippen molar-refractivity contribution in [3.05, 3.63) is 0 Å². The van der Waals surface area contributed by atoms with E-state index >= 15 is 0 Å². The molecule has 0 bridgehead atoms. The van der Waals surface area contributed by atoms with Gasteiger partial charge in [-0.1, -0.05) is 0 Å². The van der Waals surface area contributed by atoms with Gasteiger partial charge >= 0.3 is 0 Å². The van der Waals surface area contributed by atoms with Crippen LogP contribution in [0.1, 0.15) is 19.8 Å². The van der Waals surface area contributed by atoms with Gasteiger partial charge in [0.2, 0.25) is 0 Å². The van der Waals surface area contributed by atoms with Crippen molar-refractivity contribution >= 4 is 0 Å². The molecule has 0 amide bonds. The Hall–Kier alpha value is -0.160. The quantitative estimate of drug-likeness (QED) is 0.509. The fourth-order valence-corrected chi connectivity index (χ4v) is 1.36. The summed E-state index contributed by atoms with van der Waals surface area (Å²) in [5, 5.41) is 21.9. The normalized spacial score (nSPS) is 20.8. The summed E-state index contributed by atoms with van der Waals surface area (Å²) in [6, 6.07) is 0. The Labute approximate surface area is 85.3 Å². The van der Waals surface area contributed by atoms with E-state index in [9.17, 15) is 10.2 Å². The zero-order valence-electron chi connectivity index (χ0n) is 8.78. The van der Waals surface area contributed by atoms with Gasteiger partial charge in [0, 0.05) is 19.7 Å². The molecule has 1 saturated carbocycles. The van der Waals surface area contributed by atoms with Crippen LogP contribution in [-0.4, -0.2) is 48.7 Å². The Morgan fingerprint density at radius 1 is 1.36 bits per heavy atom. The molecule has 0 aromatic heterocycles. The maximum absolute atomic E-state index is 9.50. The predicted octanol–water partition coefficient (Wildman–Crippen LogP) is -0.256. The van der Waals surface area contributed by atoms with Gasteiger partial charge in [0.05, 0.1) is 18.8 Å². The van der Waals surface area contributed by atoms with Gasteiger partial charge in [0.1, 0.15) is 0 Å². The van der Waals surface area contributed by atoms with Crippen LogP contribution in [0.4, 0.5) is 0 Å². The highest BCUT2D eigenvalue weighted by atomic mass is 16.5. The second-order valence-corrected chi connectivity index (χ2v) is 3.88. The van der Waals surface area contributed by atoms with E-state index < -0.39 is 6.10 Å². The first kappa shape index (κ1) is 11.9. The van der Waals surface area contributed by atoms with E-state index in [0.29, 0.717) is 32.2 Å². The second-order valence-electron chi connectivity index (χ2n) is 3.88. The molecule has 1 aliphatic rings. The highest BCUT2D eigenvalue weighted by Crippen LogP contribution is 2.32. The van der Waals surface area contributed by atoms with Crippen molar-refractivity contribution in [3.63, 3.8) is 0 Å². The molecule has 84 valence electrons.